The van der Waals surface area contributed by atoms with E-state index < -0.39 is 0 Å². The third-order valence-corrected chi connectivity index (χ3v) is 7.37. The van der Waals surface area contributed by atoms with Gasteiger partial charge in [0.25, 0.3) is 0 Å². The second kappa shape index (κ2) is 9.24. The number of anilines is 1. The van der Waals surface area contributed by atoms with Gasteiger partial charge < -0.3 is 15.2 Å². The van der Waals surface area contributed by atoms with Gasteiger partial charge in [-0.15, -0.1) is 11.3 Å². The first-order valence-electron chi connectivity index (χ1n) is 11.4. The maximum atomic E-state index is 13.0. The summed E-state index contributed by atoms with van der Waals surface area (Å²) in [5.74, 6) is -0.135. The van der Waals surface area contributed by atoms with Crippen LogP contribution in [0.3, 0.4) is 0 Å². The van der Waals surface area contributed by atoms with Gasteiger partial charge in [-0.2, -0.15) is 0 Å². The maximum absolute atomic E-state index is 13.0. The molecular formula is C27H26N2O3S. The molecule has 2 heterocycles. The van der Waals surface area contributed by atoms with Crippen LogP contribution >= 0.6 is 11.3 Å². The quantitative estimate of drug-likeness (QED) is 0.334. The molecule has 1 aliphatic carbocycles. The van der Waals surface area contributed by atoms with Crippen molar-refractivity contribution in [2.75, 3.05) is 11.9 Å². The minimum atomic E-state index is -0.356. The molecule has 5 nitrogen and oxygen atoms in total. The molecule has 5 rings (SSSR count). The smallest absolute Gasteiger partial charge is 0.341 e. The van der Waals surface area contributed by atoms with Gasteiger partial charge in [0, 0.05) is 22.0 Å². The number of benzene rings is 2. The van der Waals surface area contributed by atoms with Gasteiger partial charge in [0.15, 0.2) is 0 Å². The van der Waals surface area contributed by atoms with E-state index >= 15 is 0 Å². The van der Waals surface area contributed by atoms with E-state index in [1.54, 1.807) is 17.5 Å². The lowest BCUT2D eigenvalue weighted by Crippen LogP contribution is -2.16. The van der Waals surface area contributed by atoms with E-state index in [0.29, 0.717) is 23.3 Å². The van der Waals surface area contributed by atoms with Gasteiger partial charge >= 0.3 is 5.97 Å². The second-order valence-corrected chi connectivity index (χ2v) is 9.31. The highest BCUT2D eigenvalue weighted by atomic mass is 32.1. The van der Waals surface area contributed by atoms with Crippen molar-refractivity contribution in [3.63, 3.8) is 0 Å². The highest BCUT2D eigenvalue weighted by molar-refractivity contribution is 7.16. The topological polar surface area (TPSA) is 71.5 Å². The zero-order valence-corrected chi connectivity index (χ0v) is 19.3. The summed E-state index contributed by atoms with van der Waals surface area (Å²) < 4.78 is 5.44. The molecule has 6 heteroatoms. The average molecular weight is 459 g/mol. The molecule has 2 N–H and O–H groups in total. The molecule has 0 fully saturated rings. The Morgan fingerprint density at radius 3 is 2.76 bits per heavy atom. The van der Waals surface area contributed by atoms with Gasteiger partial charge in [-0.3, -0.25) is 4.98 Å². The fourth-order valence-electron chi connectivity index (χ4n) is 4.58. The Kier molecular flexibility index (Phi) is 6.01. The van der Waals surface area contributed by atoms with E-state index in [-0.39, 0.29) is 17.8 Å². The fraction of sp³-hybridized carbons (Fsp3) is 0.259. The summed E-state index contributed by atoms with van der Waals surface area (Å²) in [4.78, 5) is 18.6. The highest BCUT2D eigenvalue weighted by Crippen LogP contribution is 2.43. The molecule has 0 spiro atoms. The molecule has 0 aliphatic heterocycles. The number of phenolic OH excluding ortho intramolecular Hbond substituents is 1. The number of hydrogen-bond donors (Lipinski definition) is 2. The molecular weight excluding hydrogens is 432 g/mol. The maximum Gasteiger partial charge on any atom is 0.341 e. The minimum absolute atomic E-state index is 0.147. The first kappa shape index (κ1) is 21.5. The molecule has 2 aromatic carbocycles. The number of aromatic nitrogens is 1. The van der Waals surface area contributed by atoms with Gasteiger partial charge in [-0.1, -0.05) is 48.5 Å². The number of aromatic hydroxyl groups is 1. The Hall–Kier alpha value is -3.38. The van der Waals surface area contributed by atoms with Crippen molar-refractivity contribution < 1.29 is 14.6 Å². The van der Waals surface area contributed by atoms with Gasteiger partial charge in [-0.25, -0.2) is 4.79 Å². The van der Waals surface area contributed by atoms with E-state index in [9.17, 15) is 9.90 Å². The second-order valence-electron chi connectivity index (χ2n) is 8.20. The first-order chi connectivity index (χ1) is 16.2. The Morgan fingerprint density at radius 2 is 1.94 bits per heavy atom. The summed E-state index contributed by atoms with van der Waals surface area (Å²) in [6, 6.07) is 17.3. The van der Waals surface area contributed by atoms with Crippen LogP contribution in [0, 0.1) is 0 Å². The number of carbonyl (C=O) groups excluding carboxylic acids is 1. The summed E-state index contributed by atoms with van der Waals surface area (Å²) in [6.45, 7) is 2.17. The third-order valence-electron chi connectivity index (χ3n) is 6.15. The zero-order chi connectivity index (χ0) is 22.8. The van der Waals surface area contributed by atoms with Crippen molar-refractivity contribution in [2.45, 2.75) is 38.6 Å². The molecule has 0 unspecified atom stereocenters. The molecule has 0 bridgehead atoms. The van der Waals surface area contributed by atoms with Crippen LogP contribution in [0.15, 0.2) is 60.8 Å². The molecule has 168 valence electrons. The number of nitrogens with zero attached hydrogens (tertiary/aromatic N) is 1. The van der Waals surface area contributed by atoms with E-state index in [1.807, 2.05) is 61.5 Å². The monoisotopic (exact) mass is 458 g/mol. The lowest BCUT2D eigenvalue weighted by atomic mass is 9.94. The normalized spacial score (nSPS) is 14.0. The van der Waals surface area contributed by atoms with Gasteiger partial charge in [0.2, 0.25) is 0 Å². The molecule has 1 aliphatic rings. The van der Waals surface area contributed by atoms with Crippen molar-refractivity contribution in [3.8, 4) is 5.75 Å². The summed E-state index contributed by atoms with van der Waals surface area (Å²) >= 11 is 1.63. The Morgan fingerprint density at radius 1 is 1.12 bits per heavy atom. The molecule has 1 atom stereocenters. The molecule has 0 radical (unpaired) electrons. The standard InChI is InChI=1S/C27H26N2O3S/c1-2-32-27(31)22-19-12-6-7-13-21(19)33-26(22)29-23(17-9-4-3-5-10-17)20-15-14-18-11-8-16-28-24(18)25(20)30/h3-5,8-11,14-16,23,29-30H,2,6-7,12-13H2,1H3/t23-/m0/s1. The molecule has 0 saturated carbocycles. The number of fused-ring (bicyclic) bond motifs is 2. The fourth-order valence-corrected chi connectivity index (χ4v) is 5.89. The van der Waals surface area contributed by atoms with Crippen LogP contribution in [0.25, 0.3) is 10.9 Å². The lowest BCUT2D eigenvalue weighted by Gasteiger charge is -2.22. The van der Waals surface area contributed by atoms with Crippen molar-refractivity contribution in [2.24, 2.45) is 0 Å². The molecule has 33 heavy (non-hydrogen) atoms. The number of pyridine rings is 1. The number of phenols is 1. The van der Waals surface area contributed by atoms with E-state index in [0.717, 1.165) is 47.2 Å². The summed E-state index contributed by atoms with van der Waals surface area (Å²) in [5.41, 5.74) is 4.03. The van der Waals surface area contributed by atoms with E-state index in [2.05, 4.69) is 10.3 Å². The Bertz CT molecular complexity index is 1300. The van der Waals surface area contributed by atoms with Gasteiger partial charge in [0.1, 0.15) is 16.3 Å². The summed E-state index contributed by atoms with van der Waals surface area (Å²) in [7, 11) is 0. The van der Waals surface area contributed by atoms with Crippen LogP contribution in [-0.2, 0) is 17.6 Å². The highest BCUT2D eigenvalue weighted by Gasteiger charge is 2.29. The third kappa shape index (κ3) is 4.07. The SMILES string of the molecule is CCOC(=O)c1c(N[C@@H](c2ccccc2)c2ccc3cccnc3c2O)sc2c1CCCC2. The van der Waals surface area contributed by atoms with E-state index in [1.165, 1.54) is 4.88 Å². The first-order valence-corrected chi connectivity index (χ1v) is 12.2. The van der Waals surface area contributed by atoms with Crippen LogP contribution in [-0.4, -0.2) is 22.7 Å². The van der Waals surface area contributed by atoms with Crippen molar-refractivity contribution in [1.29, 1.82) is 0 Å². The zero-order valence-electron chi connectivity index (χ0n) is 18.5. The largest absolute Gasteiger partial charge is 0.505 e. The number of nitrogens with one attached hydrogen (secondary N) is 1. The lowest BCUT2D eigenvalue weighted by molar-refractivity contribution is 0.0526. The average Bonchev–Trinajstić information content (AvgIpc) is 3.22. The molecule has 0 saturated heterocycles. The minimum Gasteiger partial charge on any atom is -0.505 e. The number of aryl methyl sites for hydroxylation is 1. The van der Waals surface area contributed by atoms with Crippen LogP contribution in [0.2, 0.25) is 0 Å². The number of thiophene rings is 1. The van der Waals surface area contributed by atoms with Gasteiger partial charge in [0.05, 0.1) is 18.2 Å². The van der Waals surface area contributed by atoms with Crippen LogP contribution < -0.4 is 5.32 Å². The predicted molar refractivity (Wildman–Crippen MR) is 132 cm³/mol. The van der Waals surface area contributed by atoms with Gasteiger partial charge in [-0.05, 0) is 49.8 Å². The van der Waals surface area contributed by atoms with Crippen molar-refractivity contribution >= 4 is 33.2 Å². The summed E-state index contributed by atoms with van der Waals surface area (Å²) in [6.07, 6.45) is 5.77. The van der Waals surface area contributed by atoms with Crippen molar-refractivity contribution in [3.05, 3.63) is 87.9 Å². The Balaban J connectivity index is 1.64. The van der Waals surface area contributed by atoms with Crippen LogP contribution in [0.4, 0.5) is 5.00 Å². The number of carbonyl (C=O) groups is 1. The van der Waals surface area contributed by atoms with Crippen LogP contribution in [0.5, 0.6) is 5.75 Å². The number of esters is 1. The summed E-state index contributed by atoms with van der Waals surface area (Å²) in [5, 5.41) is 16.5. The van der Waals surface area contributed by atoms with Crippen LogP contribution in [0.1, 0.15) is 57.7 Å². The van der Waals surface area contributed by atoms with Crippen molar-refractivity contribution in [1.82, 2.24) is 4.98 Å². The Labute approximate surface area is 197 Å². The number of hydrogen-bond acceptors (Lipinski definition) is 6. The van der Waals surface area contributed by atoms with E-state index in [4.69, 9.17) is 4.74 Å². The predicted octanol–water partition coefficient (Wildman–Crippen LogP) is 6.26. The number of rotatable bonds is 6. The number of ether oxygens (including phenoxy) is 1. The molecule has 4 aromatic rings. The molecule has 0 amide bonds. The molecule has 2 aromatic heterocycles.